The first-order valence-electron chi connectivity index (χ1n) is 11.0. The van der Waals surface area contributed by atoms with Crippen molar-refractivity contribution in [3.8, 4) is 28.0 Å². The standard InChI is InChI=1S/C30H32O/c1-29(2,3)22-15-11-20(12-16-22)26-19-27(31)24-9-7-8-10-25(24)28(26)21-13-17-23(18-14-21)30(4,5)6/h7-19,31H,1-6H3. The zero-order chi connectivity index (χ0) is 22.4. The van der Waals surface area contributed by atoms with Crippen LogP contribution in [0.2, 0.25) is 0 Å². The van der Waals surface area contributed by atoms with Gasteiger partial charge in [0, 0.05) is 5.39 Å². The van der Waals surface area contributed by atoms with Crippen LogP contribution in [0.4, 0.5) is 0 Å². The Morgan fingerprint density at radius 3 is 1.48 bits per heavy atom. The van der Waals surface area contributed by atoms with E-state index in [4.69, 9.17) is 0 Å². The molecule has 0 amide bonds. The van der Waals surface area contributed by atoms with Crippen LogP contribution in [0.25, 0.3) is 33.0 Å². The third-order valence-corrected chi connectivity index (χ3v) is 6.12. The number of hydrogen-bond acceptors (Lipinski definition) is 1. The molecular weight excluding hydrogens is 376 g/mol. The quantitative estimate of drug-likeness (QED) is 0.352. The second-order valence-electron chi connectivity index (χ2n) is 10.5. The summed E-state index contributed by atoms with van der Waals surface area (Å²) in [6, 6.07) is 27.7. The average molecular weight is 409 g/mol. The Morgan fingerprint density at radius 1 is 0.548 bits per heavy atom. The molecule has 0 aliphatic heterocycles. The minimum atomic E-state index is 0.107. The number of benzene rings is 4. The van der Waals surface area contributed by atoms with E-state index < -0.39 is 0 Å². The van der Waals surface area contributed by atoms with Crippen molar-refractivity contribution in [2.75, 3.05) is 0 Å². The van der Waals surface area contributed by atoms with Crippen LogP contribution >= 0.6 is 0 Å². The summed E-state index contributed by atoms with van der Waals surface area (Å²) in [4.78, 5) is 0. The smallest absolute Gasteiger partial charge is 0.124 e. The van der Waals surface area contributed by atoms with E-state index in [1.165, 1.54) is 16.7 Å². The fourth-order valence-electron chi connectivity index (χ4n) is 4.18. The molecule has 0 saturated carbocycles. The summed E-state index contributed by atoms with van der Waals surface area (Å²) in [6.07, 6.45) is 0. The second-order valence-corrected chi connectivity index (χ2v) is 10.5. The predicted molar refractivity (Wildman–Crippen MR) is 134 cm³/mol. The number of hydrogen-bond donors (Lipinski definition) is 1. The maximum absolute atomic E-state index is 10.8. The SMILES string of the molecule is CC(C)(C)c1ccc(-c2cc(O)c3ccccc3c2-c2ccc(C(C)(C)C)cc2)cc1. The summed E-state index contributed by atoms with van der Waals surface area (Å²) in [6.45, 7) is 13.4. The van der Waals surface area contributed by atoms with Gasteiger partial charge in [0.15, 0.2) is 0 Å². The maximum Gasteiger partial charge on any atom is 0.124 e. The van der Waals surface area contributed by atoms with Crippen molar-refractivity contribution >= 4 is 10.8 Å². The van der Waals surface area contributed by atoms with Gasteiger partial charge in [-0.05, 0) is 55.7 Å². The van der Waals surface area contributed by atoms with E-state index in [-0.39, 0.29) is 10.8 Å². The van der Waals surface area contributed by atoms with Crippen molar-refractivity contribution in [1.29, 1.82) is 0 Å². The predicted octanol–water partition coefficient (Wildman–Crippen LogP) is 8.47. The molecule has 4 aromatic carbocycles. The Morgan fingerprint density at radius 2 is 1.00 bits per heavy atom. The third-order valence-electron chi connectivity index (χ3n) is 6.12. The number of phenols is 1. The van der Waals surface area contributed by atoms with Crippen LogP contribution in [-0.2, 0) is 10.8 Å². The molecule has 0 unspecified atom stereocenters. The maximum atomic E-state index is 10.8. The minimum absolute atomic E-state index is 0.107. The Bertz CT molecular complexity index is 1220. The van der Waals surface area contributed by atoms with Gasteiger partial charge >= 0.3 is 0 Å². The molecule has 4 rings (SSSR count). The highest BCUT2D eigenvalue weighted by Crippen LogP contribution is 2.43. The van der Waals surface area contributed by atoms with Crippen LogP contribution in [0.3, 0.4) is 0 Å². The zero-order valence-electron chi connectivity index (χ0n) is 19.5. The fraction of sp³-hybridized carbons (Fsp3) is 0.267. The van der Waals surface area contributed by atoms with Crippen LogP contribution in [0.15, 0.2) is 78.9 Å². The van der Waals surface area contributed by atoms with E-state index in [9.17, 15) is 5.11 Å². The van der Waals surface area contributed by atoms with Gasteiger partial charge in [0.05, 0.1) is 0 Å². The molecule has 0 aliphatic carbocycles. The summed E-state index contributed by atoms with van der Waals surface area (Å²) >= 11 is 0. The molecule has 4 aromatic rings. The van der Waals surface area contributed by atoms with E-state index in [0.29, 0.717) is 5.75 Å². The molecule has 31 heavy (non-hydrogen) atoms. The Hall–Kier alpha value is -3.06. The largest absolute Gasteiger partial charge is 0.507 e. The number of aromatic hydroxyl groups is 1. The van der Waals surface area contributed by atoms with Gasteiger partial charge in [-0.1, -0.05) is 114 Å². The zero-order valence-corrected chi connectivity index (χ0v) is 19.5. The minimum Gasteiger partial charge on any atom is -0.507 e. The van der Waals surface area contributed by atoms with E-state index >= 15 is 0 Å². The molecule has 0 bridgehead atoms. The monoisotopic (exact) mass is 408 g/mol. The summed E-state index contributed by atoms with van der Waals surface area (Å²) in [5.41, 5.74) is 7.34. The van der Waals surface area contributed by atoms with Crippen molar-refractivity contribution in [2.24, 2.45) is 0 Å². The normalized spacial score (nSPS) is 12.3. The lowest BCUT2D eigenvalue weighted by atomic mass is 9.83. The Labute approximate surface area is 186 Å². The lowest BCUT2D eigenvalue weighted by molar-refractivity contribution is 0.482. The highest BCUT2D eigenvalue weighted by atomic mass is 16.3. The van der Waals surface area contributed by atoms with E-state index in [1.54, 1.807) is 0 Å². The molecule has 0 aromatic heterocycles. The third kappa shape index (κ3) is 4.10. The van der Waals surface area contributed by atoms with Crippen molar-refractivity contribution in [1.82, 2.24) is 0 Å². The van der Waals surface area contributed by atoms with Crippen molar-refractivity contribution in [2.45, 2.75) is 52.4 Å². The van der Waals surface area contributed by atoms with Gasteiger partial charge in [-0.25, -0.2) is 0 Å². The van der Waals surface area contributed by atoms with Crippen LogP contribution < -0.4 is 0 Å². The van der Waals surface area contributed by atoms with Crippen LogP contribution in [-0.4, -0.2) is 5.11 Å². The van der Waals surface area contributed by atoms with E-state index in [0.717, 1.165) is 27.5 Å². The average Bonchev–Trinajstić information content (AvgIpc) is 2.73. The van der Waals surface area contributed by atoms with Gasteiger partial charge < -0.3 is 5.11 Å². The van der Waals surface area contributed by atoms with Crippen LogP contribution in [0.5, 0.6) is 5.75 Å². The Balaban J connectivity index is 1.96. The van der Waals surface area contributed by atoms with Gasteiger partial charge in [0.25, 0.3) is 0 Å². The van der Waals surface area contributed by atoms with Crippen molar-refractivity contribution < 1.29 is 5.11 Å². The topological polar surface area (TPSA) is 20.2 Å². The highest BCUT2D eigenvalue weighted by Gasteiger charge is 2.18. The van der Waals surface area contributed by atoms with Gasteiger partial charge in [0.2, 0.25) is 0 Å². The van der Waals surface area contributed by atoms with Crippen molar-refractivity contribution in [3.05, 3.63) is 90.0 Å². The molecule has 0 saturated heterocycles. The van der Waals surface area contributed by atoms with Gasteiger partial charge in [0.1, 0.15) is 5.75 Å². The molecule has 0 heterocycles. The summed E-state index contributed by atoms with van der Waals surface area (Å²) in [5.74, 6) is 0.320. The lowest BCUT2D eigenvalue weighted by Gasteiger charge is -2.21. The molecule has 1 heteroatoms. The van der Waals surface area contributed by atoms with Gasteiger partial charge in [-0.3, -0.25) is 0 Å². The molecule has 0 aliphatic rings. The summed E-state index contributed by atoms with van der Waals surface area (Å²) in [5, 5.41) is 12.8. The molecule has 0 fully saturated rings. The Kier molecular flexibility index (Phi) is 5.17. The van der Waals surface area contributed by atoms with Gasteiger partial charge in [-0.2, -0.15) is 0 Å². The molecular formula is C30H32O. The number of fused-ring (bicyclic) bond motifs is 1. The highest BCUT2D eigenvalue weighted by molar-refractivity contribution is 6.06. The molecule has 0 radical (unpaired) electrons. The van der Waals surface area contributed by atoms with Gasteiger partial charge in [-0.15, -0.1) is 0 Å². The summed E-state index contributed by atoms with van der Waals surface area (Å²) < 4.78 is 0. The molecule has 1 N–H and O–H groups in total. The van der Waals surface area contributed by atoms with E-state index in [2.05, 4.69) is 96.1 Å². The summed E-state index contributed by atoms with van der Waals surface area (Å²) in [7, 11) is 0. The van der Waals surface area contributed by atoms with Crippen molar-refractivity contribution in [3.63, 3.8) is 0 Å². The first-order chi connectivity index (χ1) is 14.6. The molecule has 1 nitrogen and oxygen atoms in total. The van der Waals surface area contributed by atoms with Crippen LogP contribution in [0.1, 0.15) is 52.7 Å². The molecule has 158 valence electrons. The molecule has 0 atom stereocenters. The fourth-order valence-corrected chi connectivity index (χ4v) is 4.18. The first kappa shape index (κ1) is 21.2. The van der Waals surface area contributed by atoms with E-state index in [1.807, 2.05) is 24.3 Å². The number of phenolic OH excluding ortho intramolecular Hbond substituents is 1. The van der Waals surface area contributed by atoms with Crippen LogP contribution in [0, 0.1) is 0 Å². The molecule has 0 spiro atoms. The lowest BCUT2D eigenvalue weighted by Crippen LogP contribution is -2.10. The first-order valence-corrected chi connectivity index (χ1v) is 11.0. The second kappa shape index (κ2) is 7.57. The number of rotatable bonds is 2.